The number of nitrogens with zero attached hydrogens (tertiary/aromatic N) is 1. The molecule has 1 aromatic carbocycles. The Hall–Kier alpha value is -1.06. The van der Waals surface area contributed by atoms with Crippen molar-refractivity contribution in [1.29, 1.82) is 0 Å². The largest absolute Gasteiger partial charge is 0.508 e. The molecule has 0 amide bonds. The van der Waals surface area contributed by atoms with Gasteiger partial charge in [0.2, 0.25) is 0 Å². The number of hydrogen-bond donors (Lipinski definition) is 2. The van der Waals surface area contributed by atoms with Crippen LogP contribution in [0.1, 0.15) is 18.9 Å². The minimum absolute atomic E-state index is 0.243. The summed E-state index contributed by atoms with van der Waals surface area (Å²) in [6, 6.07) is 7.21. The van der Waals surface area contributed by atoms with E-state index in [0.29, 0.717) is 5.75 Å². The van der Waals surface area contributed by atoms with Crippen molar-refractivity contribution in [2.75, 3.05) is 13.6 Å². The number of aromatic hydroxyl groups is 1. The van der Waals surface area contributed by atoms with Gasteiger partial charge in [-0.1, -0.05) is 12.1 Å². The molecule has 0 fully saturated rings. The molecule has 3 nitrogen and oxygen atoms in total. The van der Waals surface area contributed by atoms with Gasteiger partial charge in [0.15, 0.2) is 0 Å². The fraction of sp³-hybridized carbons (Fsp3) is 0.500. The second kappa shape index (κ2) is 5.73. The molecule has 0 heterocycles. The molecule has 0 radical (unpaired) electrons. The minimum atomic E-state index is -0.243. The van der Waals surface area contributed by atoms with Crippen molar-refractivity contribution >= 4 is 0 Å². The molecule has 1 aromatic rings. The molecular weight excluding hydrogens is 190 g/mol. The van der Waals surface area contributed by atoms with Crippen molar-refractivity contribution in [3.63, 3.8) is 0 Å². The summed E-state index contributed by atoms with van der Waals surface area (Å²) in [5, 5.41) is 18.3. The lowest BCUT2D eigenvalue weighted by Crippen LogP contribution is -2.21. The normalized spacial score (nSPS) is 13.1. The highest BCUT2D eigenvalue weighted by atomic mass is 16.3. The number of aliphatic hydroxyl groups excluding tert-OH is 1. The molecule has 0 saturated heterocycles. The summed E-state index contributed by atoms with van der Waals surface area (Å²) in [6.45, 7) is 3.51. The number of aliphatic hydroxyl groups is 1. The fourth-order valence-corrected chi connectivity index (χ4v) is 1.40. The summed E-state index contributed by atoms with van der Waals surface area (Å²) in [7, 11) is 2.02. The Labute approximate surface area is 91.0 Å². The lowest BCUT2D eigenvalue weighted by Gasteiger charge is -2.17. The summed E-state index contributed by atoms with van der Waals surface area (Å²) < 4.78 is 0. The van der Waals surface area contributed by atoms with E-state index in [1.165, 1.54) is 5.56 Å². The van der Waals surface area contributed by atoms with E-state index in [2.05, 4.69) is 4.90 Å². The maximum absolute atomic E-state index is 9.14. The molecule has 0 aliphatic heterocycles. The standard InChI is InChI=1S/C12H19NO2/c1-10(14)7-8-13(2)9-11-3-5-12(15)6-4-11/h3-6,10,14-15H,7-9H2,1-2H3. The first-order valence-corrected chi connectivity index (χ1v) is 5.22. The van der Waals surface area contributed by atoms with E-state index >= 15 is 0 Å². The fourth-order valence-electron chi connectivity index (χ4n) is 1.40. The van der Waals surface area contributed by atoms with Gasteiger partial charge in [-0.05, 0) is 38.1 Å². The zero-order valence-electron chi connectivity index (χ0n) is 9.35. The Morgan fingerprint density at radius 1 is 1.27 bits per heavy atom. The molecule has 1 atom stereocenters. The summed E-state index contributed by atoms with van der Waals surface area (Å²) in [5.74, 6) is 0.297. The van der Waals surface area contributed by atoms with Crippen LogP contribution in [0.4, 0.5) is 0 Å². The van der Waals surface area contributed by atoms with Crippen LogP contribution in [0.5, 0.6) is 5.75 Å². The molecule has 1 rings (SSSR count). The Balaban J connectivity index is 2.37. The molecule has 0 aliphatic rings. The van der Waals surface area contributed by atoms with Gasteiger partial charge in [0.1, 0.15) is 5.75 Å². The predicted octanol–water partition coefficient (Wildman–Crippen LogP) is 1.59. The average molecular weight is 209 g/mol. The van der Waals surface area contributed by atoms with E-state index in [1.807, 2.05) is 19.2 Å². The van der Waals surface area contributed by atoms with E-state index in [0.717, 1.165) is 19.5 Å². The molecule has 2 N–H and O–H groups in total. The second-order valence-electron chi connectivity index (χ2n) is 4.04. The third-order valence-electron chi connectivity index (χ3n) is 2.32. The van der Waals surface area contributed by atoms with Crippen LogP contribution in [0.3, 0.4) is 0 Å². The zero-order valence-corrected chi connectivity index (χ0v) is 9.35. The van der Waals surface area contributed by atoms with Gasteiger partial charge in [0.05, 0.1) is 6.10 Å². The van der Waals surface area contributed by atoms with Crippen molar-refractivity contribution in [2.24, 2.45) is 0 Å². The molecule has 0 saturated carbocycles. The number of hydrogen-bond acceptors (Lipinski definition) is 3. The third-order valence-corrected chi connectivity index (χ3v) is 2.32. The molecule has 0 spiro atoms. The van der Waals surface area contributed by atoms with Gasteiger partial charge in [-0.25, -0.2) is 0 Å². The van der Waals surface area contributed by atoms with Crippen LogP contribution in [-0.2, 0) is 6.54 Å². The average Bonchev–Trinajstić information content (AvgIpc) is 2.19. The van der Waals surface area contributed by atoms with Crippen LogP contribution in [0.2, 0.25) is 0 Å². The molecule has 84 valence electrons. The van der Waals surface area contributed by atoms with Crippen LogP contribution < -0.4 is 0 Å². The maximum atomic E-state index is 9.14. The highest BCUT2D eigenvalue weighted by Gasteiger charge is 2.02. The lowest BCUT2D eigenvalue weighted by molar-refractivity contribution is 0.163. The van der Waals surface area contributed by atoms with Crippen molar-refractivity contribution < 1.29 is 10.2 Å². The first-order valence-electron chi connectivity index (χ1n) is 5.22. The van der Waals surface area contributed by atoms with Gasteiger partial charge >= 0.3 is 0 Å². The second-order valence-corrected chi connectivity index (χ2v) is 4.04. The molecular formula is C12H19NO2. The first-order chi connectivity index (χ1) is 7.08. The van der Waals surface area contributed by atoms with Gasteiger partial charge in [-0.2, -0.15) is 0 Å². The summed E-state index contributed by atoms with van der Waals surface area (Å²) in [5.41, 5.74) is 1.17. The van der Waals surface area contributed by atoms with Gasteiger partial charge in [-0.15, -0.1) is 0 Å². The molecule has 0 aromatic heterocycles. The number of phenols is 1. The minimum Gasteiger partial charge on any atom is -0.508 e. The van der Waals surface area contributed by atoms with Crippen molar-refractivity contribution in [3.05, 3.63) is 29.8 Å². The number of rotatable bonds is 5. The van der Waals surface area contributed by atoms with E-state index in [1.54, 1.807) is 19.1 Å². The maximum Gasteiger partial charge on any atom is 0.115 e. The van der Waals surface area contributed by atoms with Crippen molar-refractivity contribution in [2.45, 2.75) is 26.0 Å². The smallest absolute Gasteiger partial charge is 0.115 e. The molecule has 0 bridgehead atoms. The summed E-state index contributed by atoms with van der Waals surface area (Å²) in [6.07, 6.45) is 0.543. The van der Waals surface area contributed by atoms with Gasteiger partial charge < -0.3 is 15.1 Å². The topological polar surface area (TPSA) is 43.7 Å². The number of phenolic OH excluding ortho intramolecular Hbond substituents is 1. The first kappa shape index (κ1) is 12.0. The highest BCUT2D eigenvalue weighted by molar-refractivity contribution is 5.25. The molecule has 1 unspecified atom stereocenters. The molecule has 15 heavy (non-hydrogen) atoms. The van der Waals surface area contributed by atoms with E-state index < -0.39 is 0 Å². The monoisotopic (exact) mass is 209 g/mol. The van der Waals surface area contributed by atoms with E-state index in [-0.39, 0.29) is 6.10 Å². The number of benzene rings is 1. The van der Waals surface area contributed by atoms with E-state index in [4.69, 9.17) is 10.2 Å². The van der Waals surface area contributed by atoms with Crippen molar-refractivity contribution in [1.82, 2.24) is 4.90 Å². The Morgan fingerprint density at radius 3 is 2.40 bits per heavy atom. The molecule has 0 aliphatic carbocycles. The van der Waals surface area contributed by atoms with Gasteiger partial charge in [0.25, 0.3) is 0 Å². The Bertz CT molecular complexity index is 282. The SMILES string of the molecule is CC(O)CCN(C)Cc1ccc(O)cc1. The Kier molecular flexibility index (Phi) is 4.59. The predicted molar refractivity (Wildman–Crippen MR) is 60.7 cm³/mol. The van der Waals surface area contributed by atoms with Crippen LogP contribution in [0.25, 0.3) is 0 Å². The van der Waals surface area contributed by atoms with Crippen LogP contribution in [0, 0.1) is 0 Å². The Morgan fingerprint density at radius 2 is 1.87 bits per heavy atom. The van der Waals surface area contributed by atoms with Crippen LogP contribution in [0.15, 0.2) is 24.3 Å². The lowest BCUT2D eigenvalue weighted by atomic mass is 10.2. The van der Waals surface area contributed by atoms with Gasteiger partial charge in [0, 0.05) is 13.1 Å². The van der Waals surface area contributed by atoms with Crippen molar-refractivity contribution in [3.8, 4) is 5.75 Å². The highest BCUT2D eigenvalue weighted by Crippen LogP contribution is 2.11. The quantitative estimate of drug-likeness (QED) is 0.774. The van der Waals surface area contributed by atoms with Crippen LogP contribution in [-0.4, -0.2) is 34.8 Å². The van der Waals surface area contributed by atoms with Gasteiger partial charge in [-0.3, -0.25) is 0 Å². The summed E-state index contributed by atoms with van der Waals surface area (Å²) >= 11 is 0. The third kappa shape index (κ3) is 4.81. The summed E-state index contributed by atoms with van der Waals surface area (Å²) in [4.78, 5) is 2.15. The van der Waals surface area contributed by atoms with E-state index in [9.17, 15) is 0 Å². The zero-order chi connectivity index (χ0) is 11.3. The molecule has 3 heteroatoms. The van der Waals surface area contributed by atoms with Crippen LogP contribution >= 0.6 is 0 Å².